The summed E-state index contributed by atoms with van der Waals surface area (Å²) in [7, 11) is 0. The van der Waals surface area contributed by atoms with E-state index < -0.39 is 0 Å². The van der Waals surface area contributed by atoms with Crippen LogP contribution in [-0.4, -0.2) is 10.2 Å². The molecule has 2 N–H and O–H groups in total. The molecule has 1 aliphatic rings. The zero-order valence-electron chi connectivity index (χ0n) is 8.49. The number of aryl methyl sites for hydroxylation is 1. The third-order valence-corrected chi connectivity index (χ3v) is 3.96. The highest BCUT2D eigenvalue weighted by molar-refractivity contribution is 8.00. The second-order valence-corrected chi connectivity index (χ2v) is 5.16. The number of nitrogen functional groups attached to an aromatic ring is 1. The second-order valence-electron chi connectivity index (χ2n) is 3.87. The molecule has 3 heteroatoms. The minimum absolute atomic E-state index is 0.742. The molecular weight excluding hydrogens is 192 g/mol. The van der Waals surface area contributed by atoms with E-state index in [4.69, 9.17) is 5.73 Å². The number of nitrogens with two attached hydrogens (primary N) is 1. The molecule has 1 aromatic rings. The van der Waals surface area contributed by atoms with Crippen molar-refractivity contribution in [3.05, 3.63) is 17.8 Å². The van der Waals surface area contributed by atoms with Crippen molar-refractivity contribution < 1.29 is 0 Å². The van der Waals surface area contributed by atoms with Gasteiger partial charge in [0.05, 0.1) is 5.69 Å². The van der Waals surface area contributed by atoms with Crippen molar-refractivity contribution in [2.45, 2.75) is 42.9 Å². The Morgan fingerprint density at radius 2 is 2.07 bits per heavy atom. The molecule has 1 heterocycles. The molecule has 0 aliphatic heterocycles. The van der Waals surface area contributed by atoms with Gasteiger partial charge in [-0.25, -0.2) is 4.98 Å². The summed E-state index contributed by atoms with van der Waals surface area (Å²) in [6.07, 6.45) is 5.37. The zero-order valence-corrected chi connectivity index (χ0v) is 9.31. The van der Waals surface area contributed by atoms with Gasteiger partial charge >= 0.3 is 0 Å². The Morgan fingerprint density at radius 1 is 1.36 bits per heavy atom. The van der Waals surface area contributed by atoms with Crippen molar-refractivity contribution in [3.8, 4) is 0 Å². The van der Waals surface area contributed by atoms with Crippen LogP contribution in [0.5, 0.6) is 0 Å². The molecule has 0 unspecified atom stereocenters. The van der Waals surface area contributed by atoms with Crippen molar-refractivity contribution in [2.24, 2.45) is 0 Å². The van der Waals surface area contributed by atoms with Crippen LogP contribution in [0, 0.1) is 6.92 Å². The maximum Gasteiger partial charge on any atom is 0.119 e. The predicted octanol–water partition coefficient (Wildman–Crippen LogP) is 3.01. The maximum absolute atomic E-state index is 5.88. The molecule has 0 saturated heterocycles. The van der Waals surface area contributed by atoms with Gasteiger partial charge in [-0.1, -0.05) is 12.8 Å². The third kappa shape index (κ3) is 2.21. The van der Waals surface area contributed by atoms with E-state index in [0.29, 0.717) is 0 Å². The molecule has 0 spiro atoms. The van der Waals surface area contributed by atoms with Gasteiger partial charge in [0.25, 0.3) is 0 Å². The third-order valence-electron chi connectivity index (χ3n) is 2.61. The highest BCUT2D eigenvalue weighted by Crippen LogP contribution is 2.36. The van der Waals surface area contributed by atoms with Gasteiger partial charge < -0.3 is 5.73 Å². The minimum atomic E-state index is 0.742. The first-order valence-corrected chi connectivity index (χ1v) is 6.03. The van der Waals surface area contributed by atoms with E-state index in [0.717, 1.165) is 21.7 Å². The van der Waals surface area contributed by atoms with E-state index in [1.54, 1.807) is 0 Å². The summed E-state index contributed by atoms with van der Waals surface area (Å²) in [5, 5.41) is 1.77. The van der Waals surface area contributed by atoms with Crippen molar-refractivity contribution in [1.82, 2.24) is 4.98 Å². The Morgan fingerprint density at radius 3 is 2.79 bits per heavy atom. The lowest BCUT2D eigenvalue weighted by atomic mass is 10.3. The standard InChI is InChI=1S/C11H16N2S/c1-8-6-7-10(12)11(13-8)14-9-4-2-3-5-9/h6-7,9H,2-5,12H2,1H3. The molecular formula is C11H16N2S. The number of hydrogen-bond donors (Lipinski definition) is 1. The average Bonchev–Trinajstić information content (AvgIpc) is 2.64. The molecule has 1 fully saturated rings. The molecule has 0 aromatic carbocycles. The van der Waals surface area contributed by atoms with Crippen LogP contribution in [0.3, 0.4) is 0 Å². The smallest absolute Gasteiger partial charge is 0.119 e. The molecule has 1 aromatic heterocycles. The predicted molar refractivity (Wildman–Crippen MR) is 61.5 cm³/mol. The van der Waals surface area contributed by atoms with Crippen LogP contribution in [0.25, 0.3) is 0 Å². The molecule has 14 heavy (non-hydrogen) atoms. The molecule has 76 valence electrons. The van der Waals surface area contributed by atoms with Crippen LogP contribution in [-0.2, 0) is 0 Å². The lowest BCUT2D eigenvalue weighted by molar-refractivity contribution is 0.886. The summed E-state index contributed by atoms with van der Waals surface area (Å²) in [4.78, 5) is 4.47. The molecule has 2 nitrogen and oxygen atoms in total. The van der Waals surface area contributed by atoms with Gasteiger partial charge in [0.15, 0.2) is 0 Å². The van der Waals surface area contributed by atoms with Gasteiger partial charge in [0.2, 0.25) is 0 Å². The van der Waals surface area contributed by atoms with Gasteiger partial charge in [-0.05, 0) is 31.9 Å². The number of aromatic nitrogens is 1. The molecule has 0 bridgehead atoms. The monoisotopic (exact) mass is 208 g/mol. The summed E-state index contributed by atoms with van der Waals surface area (Å²) in [5.74, 6) is 0. The molecule has 0 radical (unpaired) electrons. The largest absolute Gasteiger partial charge is 0.397 e. The number of thioether (sulfide) groups is 1. The Labute approximate surface area is 89.3 Å². The lowest BCUT2D eigenvalue weighted by Crippen LogP contribution is -1.99. The van der Waals surface area contributed by atoms with E-state index in [1.165, 1.54) is 25.7 Å². The van der Waals surface area contributed by atoms with Gasteiger partial charge in [-0.3, -0.25) is 0 Å². The highest BCUT2D eigenvalue weighted by Gasteiger charge is 2.17. The van der Waals surface area contributed by atoms with E-state index >= 15 is 0 Å². The number of rotatable bonds is 2. The first-order chi connectivity index (χ1) is 6.75. The maximum atomic E-state index is 5.88. The first kappa shape index (κ1) is 9.84. The van der Waals surface area contributed by atoms with Crippen molar-refractivity contribution in [3.63, 3.8) is 0 Å². The van der Waals surface area contributed by atoms with Crippen molar-refractivity contribution in [1.29, 1.82) is 0 Å². The van der Waals surface area contributed by atoms with Crippen LogP contribution in [0.15, 0.2) is 17.2 Å². The normalized spacial score (nSPS) is 17.5. The van der Waals surface area contributed by atoms with Gasteiger partial charge in [0, 0.05) is 10.9 Å². The van der Waals surface area contributed by atoms with E-state index in [-0.39, 0.29) is 0 Å². The van der Waals surface area contributed by atoms with Crippen LogP contribution >= 0.6 is 11.8 Å². The average molecular weight is 208 g/mol. The summed E-state index contributed by atoms with van der Waals surface area (Å²) in [5.41, 5.74) is 7.77. The summed E-state index contributed by atoms with van der Waals surface area (Å²) in [6, 6.07) is 3.92. The Balaban J connectivity index is 2.10. The van der Waals surface area contributed by atoms with Gasteiger partial charge in [-0.2, -0.15) is 0 Å². The van der Waals surface area contributed by atoms with Crippen molar-refractivity contribution >= 4 is 17.4 Å². The fourth-order valence-corrected chi connectivity index (χ4v) is 3.09. The molecule has 0 atom stereocenters. The quantitative estimate of drug-likeness (QED) is 0.812. The van der Waals surface area contributed by atoms with Crippen LogP contribution in [0.2, 0.25) is 0 Å². The summed E-state index contributed by atoms with van der Waals surface area (Å²) in [6.45, 7) is 2.01. The zero-order chi connectivity index (χ0) is 9.97. The number of nitrogens with zero attached hydrogens (tertiary/aromatic N) is 1. The Bertz CT molecular complexity index is 319. The van der Waals surface area contributed by atoms with Gasteiger partial charge in [-0.15, -0.1) is 11.8 Å². The van der Waals surface area contributed by atoms with E-state index in [1.807, 2.05) is 30.8 Å². The molecule has 2 rings (SSSR count). The van der Waals surface area contributed by atoms with E-state index in [2.05, 4.69) is 4.98 Å². The fourth-order valence-electron chi connectivity index (χ4n) is 1.80. The summed E-state index contributed by atoms with van der Waals surface area (Å²) >= 11 is 1.86. The highest BCUT2D eigenvalue weighted by atomic mass is 32.2. The van der Waals surface area contributed by atoms with E-state index in [9.17, 15) is 0 Å². The molecule has 1 aliphatic carbocycles. The number of hydrogen-bond acceptors (Lipinski definition) is 3. The van der Waals surface area contributed by atoms with Crippen molar-refractivity contribution in [2.75, 3.05) is 5.73 Å². The minimum Gasteiger partial charge on any atom is -0.397 e. The molecule has 0 amide bonds. The summed E-state index contributed by atoms with van der Waals surface area (Å²) < 4.78 is 0. The topological polar surface area (TPSA) is 38.9 Å². The second kappa shape index (κ2) is 4.22. The van der Waals surface area contributed by atoms with Crippen LogP contribution in [0.1, 0.15) is 31.4 Å². The SMILES string of the molecule is Cc1ccc(N)c(SC2CCCC2)n1. The number of anilines is 1. The number of pyridine rings is 1. The van der Waals surface area contributed by atoms with Crippen LogP contribution in [0.4, 0.5) is 5.69 Å². The Kier molecular flexibility index (Phi) is 2.96. The molecule has 1 saturated carbocycles. The Hall–Kier alpha value is -0.700. The van der Waals surface area contributed by atoms with Gasteiger partial charge in [0.1, 0.15) is 5.03 Å². The van der Waals surface area contributed by atoms with Crippen LogP contribution < -0.4 is 5.73 Å². The lowest BCUT2D eigenvalue weighted by Gasteiger charge is -2.10. The fraction of sp³-hybridized carbons (Fsp3) is 0.545. The first-order valence-electron chi connectivity index (χ1n) is 5.15.